The number of carbonyl (C=O) groups is 1. The fourth-order valence-corrected chi connectivity index (χ4v) is 4.66. The van der Waals surface area contributed by atoms with Crippen LogP contribution < -0.4 is 15.0 Å². The first-order valence-corrected chi connectivity index (χ1v) is 11.6. The van der Waals surface area contributed by atoms with Gasteiger partial charge in [0.15, 0.2) is 6.61 Å². The lowest BCUT2D eigenvalue weighted by atomic mass is 10.1. The molecule has 12 heteroatoms. The Kier molecular flexibility index (Phi) is 7.52. The highest BCUT2D eigenvalue weighted by Gasteiger charge is 2.16. The van der Waals surface area contributed by atoms with Gasteiger partial charge in [0.05, 0.1) is 27.6 Å². The summed E-state index contributed by atoms with van der Waals surface area (Å²) in [6.07, 6.45) is 4.37. The Morgan fingerprint density at radius 2 is 1.82 bits per heavy atom. The Balaban J connectivity index is 1.70. The van der Waals surface area contributed by atoms with Gasteiger partial charge in [0.25, 0.3) is 5.91 Å². The van der Waals surface area contributed by atoms with Crippen LogP contribution in [0.5, 0.6) is 5.88 Å². The molecule has 1 N–H and O–H groups in total. The van der Waals surface area contributed by atoms with E-state index in [-0.39, 0.29) is 12.5 Å². The summed E-state index contributed by atoms with van der Waals surface area (Å²) in [5.74, 6) is -0.250. The van der Waals surface area contributed by atoms with Gasteiger partial charge in [-0.25, -0.2) is 10.4 Å². The first-order valence-electron chi connectivity index (χ1n) is 9.25. The van der Waals surface area contributed by atoms with Crippen molar-refractivity contribution in [2.45, 2.75) is 0 Å². The van der Waals surface area contributed by atoms with E-state index in [9.17, 15) is 4.79 Å². The fourth-order valence-electron chi connectivity index (χ4n) is 2.81. The first-order chi connectivity index (χ1) is 15.9. The van der Waals surface area contributed by atoms with Crippen molar-refractivity contribution in [1.82, 2.24) is 20.0 Å². The molecule has 168 valence electrons. The van der Waals surface area contributed by atoms with Gasteiger partial charge in [-0.2, -0.15) is 0 Å². The number of hydrogen-bond acceptors (Lipinski definition) is 6. The minimum atomic E-state index is -0.478. The second-order valence-corrected chi connectivity index (χ2v) is 8.96. The van der Waals surface area contributed by atoms with Crippen molar-refractivity contribution in [2.24, 2.45) is 5.10 Å². The molecule has 0 fully saturated rings. The summed E-state index contributed by atoms with van der Waals surface area (Å²) in [6, 6.07) is 10.3. The van der Waals surface area contributed by atoms with E-state index < -0.39 is 5.91 Å². The number of benzene rings is 2. The molecule has 0 bridgehead atoms. The molecule has 0 saturated heterocycles. The summed E-state index contributed by atoms with van der Waals surface area (Å²) in [7, 11) is 0. The van der Waals surface area contributed by atoms with Gasteiger partial charge < -0.3 is 4.74 Å². The second-order valence-electron chi connectivity index (χ2n) is 6.44. The van der Waals surface area contributed by atoms with Gasteiger partial charge in [-0.3, -0.25) is 14.3 Å². The number of amides is 1. The van der Waals surface area contributed by atoms with E-state index in [4.69, 9.17) is 51.1 Å². The molecule has 2 aromatic heterocycles. The van der Waals surface area contributed by atoms with Crippen LogP contribution in [0.25, 0.3) is 16.9 Å². The summed E-state index contributed by atoms with van der Waals surface area (Å²) < 4.78 is 7.06. The normalized spacial score (nSPS) is 11.5. The zero-order valence-corrected chi connectivity index (χ0v) is 20.3. The molecule has 0 spiro atoms. The maximum Gasteiger partial charge on any atom is 0.278 e. The minimum Gasteiger partial charge on any atom is -0.466 e. The molecule has 0 aliphatic heterocycles. The molecule has 4 rings (SSSR count). The number of carbonyl (C=O) groups excluding carboxylic acids is 1. The average Bonchev–Trinajstić information content (AvgIpc) is 3.20. The predicted octanol–water partition coefficient (Wildman–Crippen LogP) is 5.62. The van der Waals surface area contributed by atoms with E-state index in [0.29, 0.717) is 41.8 Å². The lowest BCUT2D eigenvalue weighted by Gasteiger charge is -2.12. The van der Waals surface area contributed by atoms with E-state index >= 15 is 0 Å². The Morgan fingerprint density at radius 1 is 1.06 bits per heavy atom. The lowest BCUT2D eigenvalue weighted by Crippen LogP contribution is -2.28. The fraction of sp³-hybridized carbons (Fsp3) is 0.0476. The number of halogens is 4. The Morgan fingerprint density at radius 3 is 2.52 bits per heavy atom. The van der Waals surface area contributed by atoms with Crippen molar-refractivity contribution in [3.63, 3.8) is 0 Å². The Bertz CT molecular complexity index is 1370. The van der Waals surface area contributed by atoms with Crippen molar-refractivity contribution in [1.29, 1.82) is 0 Å². The first kappa shape index (κ1) is 23.5. The molecule has 0 saturated carbocycles. The van der Waals surface area contributed by atoms with Crippen LogP contribution >= 0.6 is 57.7 Å². The van der Waals surface area contributed by atoms with Crippen molar-refractivity contribution in [2.75, 3.05) is 6.61 Å². The maximum atomic E-state index is 12.3. The zero-order chi connectivity index (χ0) is 23.4. The summed E-state index contributed by atoms with van der Waals surface area (Å²) in [5, 5.41) is 7.94. The molecular formula is C21H13Cl4N5O2S. The van der Waals surface area contributed by atoms with Crippen LogP contribution in [0.15, 0.2) is 65.5 Å². The van der Waals surface area contributed by atoms with Crippen LogP contribution in [0.3, 0.4) is 0 Å². The molecule has 7 nitrogen and oxygen atoms in total. The van der Waals surface area contributed by atoms with Gasteiger partial charge in [-0.15, -0.1) is 16.4 Å². The SMILES string of the molecule is O=C(COc1cnccn1)N/N=c1\scc(-c2ccc(Cl)cc2Cl)n1-c1ccc(Cl)cc1Cl. The molecule has 4 aromatic rings. The standard InChI is InChI=1S/C21H13Cl4N5O2S/c22-12-1-3-14(15(24)7-12)18-11-33-21(30(18)17-4-2-13(23)8-16(17)25)29-28-19(31)10-32-20-9-26-5-6-27-20/h1-9,11H,10H2,(H,28,31)/b29-21-. The lowest BCUT2D eigenvalue weighted by molar-refractivity contribution is -0.123. The maximum absolute atomic E-state index is 12.3. The van der Waals surface area contributed by atoms with Crippen LogP contribution in [0, 0.1) is 0 Å². The van der Waals surface area contributed by atoms with Crippen molar-refractivity contribution >= 4 is 63.6 Å². The zero-order valence-electron chi connectivity index (χ0n) is 16.5. The number of nitrogens with one attached hydrogen (secondary N) is 1. The van der Waals surface area contributed by atoms with Crippen LogP contribution in [0.1, 0.15) is 0 Å². The monoisotopic (exact) mass is 539 g/mol. The molecular weight excluding hydrogens is 528 g/mol. The second kappa shape index (κ2) is 10.5. The van der Waals surface area contributed by atoms with Crippen molar-refractivity contribution in [3.8, 4) is 22.8 Å². The third-order valence-corrected chi connectivity index (χ3v) is 6.14. The Labute approximate surface area is 212 Å². The van der Waals surface area contributed by atoms with Crippen molar-refractivity contribution in [3.05, 3.63) is 85.3 Å². The number of rotatable bonds is 6. The van der Waals surface area contributed by atoms with E-state index in [1.165, 1.54) is 29.9 Å². The van der Waals surface area contributed by atoms with E-state index in [0.717, 1.165) is 0 Å². The third kappa shape index (κ3) is 5.66. The number of aromatic nitrogens is 3. The van der Waals surface area contributed by atoms with Crippen molar-refractivity contribution < 1.29 is 9.53 Å². The Hall–Kier alpha value is -2.62. The van der Waals surface area contributed by atoms with Gasteiger partial charge in [-0.05, 0) is 36.4 Å². The smallest absolute Gasteiger partial charge is 0.278 e. The average molecular weight is 541 g/mol. The molecule has 2 heterocycles. The number of ether oxygens (including phenoxy) is 1. The number of nitrogens with zero attached hydrogens (tertiary/aromatic N) is 4. The summed E-state index contributed by atoms with van der Waals surface area (Å²) >= 11 is 26.3. The van der Waals surface area contributed by atoms with E-state index in [1.54, 1.807) is 41.0 Å². The topological polar surface area (TPSA) is 81.4 Å². The van der Waals surface area contributed by atoms with Gasteiger partial charge in [0.1, 0.15) is 0 Å². The molecule has 0 atom stereocenters. The summed E-state index contributed by atoms with van der Waals surface area (Å²) in [4.78, 5) is 20.5. The van der Waals surface area contributed by atoms with E-state index in [1.807, 2.05) is 5.38 Å². The number of thiazole rings is 1. The molecule has 1 amide bonds. The van der Waals surface area contributed by atoms with Crippen LogP contribution in [-0.2, 0) is 4.79 Å². The van der Waals surface area contributed by atoms with Gasteiger partial charge in [0.2, 0.25) is 10.7 Å². The van der Waals surface area contributed by atoms with Crippen LogP contribution in [-0.4, -0.2) is 27.0 Å². The molecule has 0 radical (unpaired) electrons. The van der Waals surface area contributed by atoms with Gasteiger partial charge >= 0.3 is 0 Å². The highest BCUT2D eigenvalue weighted by molar-refractivity contribution is 7.07. The molecule has 33 heavy (non-hydrogen) atoms. The van der Waals surface area contributed by atoms with Crippen LogP contribution in [0.4, 0.5) is 0 Å². The summed E-state index contributed by atoms with van der Waals surface area (Å²) in [6.45, 7) is -0.287. The highest BCUT2D eigenvalue weighted by atomic mass is 35.5. The molecule has 2 aromatic carbocycles. The predicted molar refractivity (Wildman–Crippen MR) is 130 cm³/mol. The molecule has 0 aliphatic carbocycles. The molecule has 0 unspecified atom stereocenters. The number of hydrogen-bond donors (Lipinski definition) is 1. The summed E-state index contributed by atoms with van der Waals surface area (Å²) in [5.41, 5.74) is 4.50. The van der Waals surface area contributed by atoms with Gasteiger partial charge in [-0.1, -0.05) is 46.4 Å². The minimum absolute atomic E-state index is 0.228. The van der Waals surface area contributed by atoms with Crippen LogP contribution in [0.2, 0.25) is 20.1 Å². The quantitative estimate of drug-likeness (QED) is 0.322. The third-order valence-electron chi connectivity index (χ3n) is 4.23. The largest absolute Gasteiger partial charge is 0.466 e. The van der Waals surface area contributed by atoms with E-state index in [2.05, 4.69) is 20.5 Å². The molecule has 0 aliphatic rings. The highest BCUT2D eigenvalue weighted by Crippen LogP contribution is 2.34. The van der Waals surface area contributed by atoms with Gasteiger partial charge in [0, 0.05) is 33.4 Å².